The third-order valence-corrected chi connectivity index (χ3v) is 2.09. The zero-order valence-electron chi connectivity index (χ0n) is 9.83. The minimum absolute atomic E-state index is 0.479. The molecule has 3 nitrogen and oxygen atoms in total. The Morgan fingerprint density at radius 2 is 1.80 bits per heavy atom. The Balaban J connectivity index is 2.81. The molecule has 0 bridgehead atoms. The maximum Gasteiger partial charge on any atom is 0.0963 e. The molecule has 82 valence electrons. The van der Waals surface area contributed by atoms with Crippen molar-refractivity contribution in [2.45, 2.75) is 33.4 Å². The molecular weight excluding hydrogens is 186 g/mol. The lowest BCUT2D eigenvalue weighted by molar-refractivity contribution is 0.418. The average molecular weight is 205 g/mol. The van der Waals surface area contributed by atoms with Crippen LogP contribution in [0.15, 0.2) is 23.3 Å². The summed E-state index contributed by atoms with van der Waals surface area (Å²) in [6.45, 7) is 7.88. The lowest BCUT2D eigenvalue weighted by atomic mass is 10.0. The predicted molar refractivity (Wildman–Crippen MR) is 64.9 cm³/mol. The summed E-state index contributed by atoms with van der Waals surface area (Å²) in [6, 6.07) is 6.19. The van der Waals surface area contributed by atoms with Gasteiger partial charge >= 0.3 is 0 Å². The van der Waals surface area contributed by atoms with Gasteiger partial charge in [0, 0.05) is 5.56 Å². The molecule has 0 atom stereocenters. The quantitative estimate of drug-likeness (QED) is 0.450. The number of nitrogens with one attached hydrogen (secondary N) is 1. The molecule has 3 heteroatoms. The van der Waals surface area contributed by atoms with Gasteiger partial charge in [0.2, 0.25) is 0 Å². The summed E-state index contributed by atoms with van der Waals surface area (Å²) in [6.07, 6.45) is 1.82. The SMILES string of the molecule is Cc1cccc(C)c1/C=N/NC(C)(C)N. The largest absolute Gasteiger partial charge is 0.308 e. The van der Waals surface area contributed by atoms with Crippen molar-refractivity contribution in [3.8, 4) is 0 Å². The highest BCUT2D eigenvalue weighted by Gasteiger charge is 2.06. The van der Waals surface area contributed by atoms with Gasteiger partial charge in [0.1, 0.15) is 0 Å². The number of aryl methyl sites for hydroxylation is 2. The average Bonchev–Trinajstić information content (AvgIpc) is 2.08. The first kappa shape index (κ1) is 11.7. The summed E-state index contributed by atoms with van der Waals surface area (Å²) >= 11 is 0. The molecule has 0 radical (unpaired) electrons. The van der Waals surface area contributed by atoms with Gasteiger partial charge < -0.3 is 5.73 Å². The topological polar surface area (TPSA) is 50.4 Å². The molecule has 15 heavy (non-hydrogen) atoms. The number of hydrazone groups is 1. The molecule has 0 aliphatic rings. The molecule has 0 aliphatic heterocycles. The Labute approximate surface area is 91.4 Å². The summed E-state index contributed by atoms with van der Waals surface area (Å²) in [4.78, 5) is 0. The number of rotatable bonds is 3. The minimum Gasteiger partial charge on any atom is -0.308 e. The van der Waals surface area contributed by atoms with E-state index in [0.717, 1.165) is 5.56 Å². The van der Waals surface area contributed by atoms with Gasteiger partial charge in [-0.25, -0.2) is 0 Å². The standard InChI is InChI=1S/C12H19N3/c1-9-6-5-7-10(2)11(9)8-14-15-12(3,4)13/h5-8,15H,13H2,1-4H3/b14-8+. The van der Waals surface area contributed by atoms with Gasteiger partial charge in [0.25, 0.3) is 0 Å². The lowest BCUT2D eigenvalue weighted by Crippen LogP contribution is -2.44. The maximum absolute atomic E-state index is 5.75. The normalized spacial score (nSPS) is 12.1. The molecule has 0 fully saturated rings. The van der Waals surface area contributed by atoms with Crippen molar-refractivity contribution in [1.82, 2.24) is 5.43 Å². The first-order chi connectivity index (χ1) is 6.90. The summed E-state index contributed by atoms with van der Waals surface area (Å²) in [5.41, 5.74) is 11.7. The van der Waals surface area contributed by atoms with Crippen LogP contribution in [-0.4, -0.2) is 11.9 Å². The lowest BCUT2D eigenvalue weighted by Gasteiger charge is -2.17. The van der Waals surface area contributed by atoms with Gasteiger partial charge in [-0.2, -0.15) is 5.10 Å². The molecule has 0 aliphatic carbocycles. The van der Waals surface area contributed by atoms with Gasteiger partial charge in [-0.15, -0.1) is 0 Å². The number of nitrogens with two attached hydrogens (primary N) is 1. The van der Waals surface area contributed by atoms with Crippen LogP contribution in [0.25, 0.3) is 0 Å². The van der Waals surface area contributed by atoms with Crippen molar-refractivity contribution in [2.24, 2.45) is 10.8 Å². The second kappa shape index (κ2) is 4.45. The van der Waals surface area contributed by atoms with Gasteiger partial charge in [-0.1, -0.05) is 18.2 Å². The fraction of sp³-hybridized carbons (Fsp3) is 0.417. The van der Waals surface area contributed by atoms with Crippen LogP contribution in [0, 0.1) is 13.8 Å². The Bertz CT molecular complexity index is 341. The highest BCUT2D eigenvalue weighted by molar-refractivity contribution is 5.83. The van der Waals surface area contributed by atoms with Gasteiger partial charge in [0.15, 0.2) is 0 Å². The van der Waals surface area contributed by atoms with Crippen LogP contribution in [0.3, 0.4) is 0 Å². The fourth-order valence-electron chi connectivity index (χ4n) is 1.29. The van der Waals surface area contributed by atoms with E-state index in [-0.39, 0.29) is 0 Å². The second-order valence-corrected chi connectivity index (χ2v) is 4.40. The van der Waals surface area contributed by atoms with Crippen LogP contribution in [0.1, 0.15) is 30.5 Å². The number of hydrogen-bond acceptors (Lipinski definition) is 3. The molecular formula is C12H19N3. The van der Waals surface area contributed by atoms with Crippen LogP contribution in [0.4, 0.5) is 0 Å². The van der Waals surface area contributed by atoms with E-state index in [2.05, 4.69) is 36.5 Å². The molecule has 0 unspecified atom stereocenters. The van der Waals surface area contributed by atoms with Crippen molar-refractivity contribution in [3.05, 3.63) is 34.9 Å². The first-order valence-electron chi connectivity index (χ1n) is 5.05. The van der Waals surface area contributed by atoms with Crippen LogP contribution in [0.2, 0.25) is 0 Å². The van der Waals surface area contributed by atoms with E-state index in [9.17, 15) is 0 Å². The summed E-state index contributed by atoms with van der Waals surface area (Å²) < 4.78 is 0. The molecule has 0 heterocycles. The van der Waals surface area contributed by atoms with E-state index >= 15 is 0 Å². The highest BCUT2D eigenvalue weighted by Crippen LogP contribution is 2.10. The van der Waals surface area contributed by atoms with E-state index in [1.165, 1.54) is 11.1 Å². The summed E-state index contributed by atoms with van der Waals surface area (Å²) in [5.74, 6) is 0. The molecule has 1 rings (SSSR count). The second-order valence-electron chi connectivity index (χ2n) is 4.40. The Morgan fingerprint density at radius 3 is 2.27 bits per heavy atom. The van der Waals surface area contributed by atoms with Gasteiger partial charge in [-0.05, 0) is 38.8 Å². The number of benzene rings is 1. The smallest absolute Gasteiger partial charge is 0.0963 e. The van der Waals surface area contributed by atoms with Gasteiger partial charge in [-0.3, -0.25) is 5.43 Å². The number of hydrogen-bond donors (Lipinski definition) is 2. The zero-order valence-corrected chi connectivity index (χ0v) is 9.83. The molecule has 0 saturated heterocycles. The molecule has 0 amide bonds. The third kappa shape index (κ3) is 3.72. The molecule has 0 spiro atoms. The van der Waals surface area contributed by atoms with Crippen molar-refractivity contribution >= 4 is 6.21 Å². The van der Waals surface area contributed by atoms with Crippen LogP contribution in [-0.2, 0) is 0 Å². The maximum atomic E-state index is 5.75. The number of nitrogens with zero attached hydrogens (tertiary/aromatic N) is 1. The fourth-order valence-corrected chi connectivity index (χ4v) is 1.29. The summed E-state index contributed by atoms with van der Waals surface area (Å²) in [7, 11) is 0. The van der Waals surface area contributed by atoms with Crippen molar-refractivity contribution in [1.29, 1.82) is 0 Å². The molecule has 0 aromatic heterocycles. The Kier molecular flexibility index (Phi) is 3.48. The Morgan fingerprint density at radius 1 is 1.27 bits per heavy atom. The molecule has 1 aromatic rings. The van der Waals surface area contributed by atoms with Crippen molar-refractivity contribution < 1.29 is 0 Å². The monoisotopic (exact) mass is 205 g/mol. The van der Waals surface area contributed by atoms with Crippen LogP contribution < -0.4 is 11.2 Å². The highest BCUT2D eigenvalue weighted by atomic mass is 15.4. The Hall–Kier alpha value is -1.35. The minimum atomic E-state index is -0.479. The first-order valence-corrected chi connectivity index (χ1v) is 5.05. The van der Waals surface area contributed by atoms with Crippen LogP contribution in [0.5, 0.6) is 0 Å². The van der Waals surface area contributed by atoms with E-state index in [1.54, 1.807) is 0 Å². The van der Waals surface area contributed by atoms with Crippen molar-refractivity contribution in [2.75, 3.05) is 0 Å². The zero-order chi connectivity index (χ0) is 11.5. The van der Waals surface area contributed by atoms with Crippen molar-refractivity contribution in [3.63, 3.8) is 0 Å². The van der Waals surface area contributed by atoms with E-state index in [4.69, 9.17) is 5.73 Å². The molecule has 0 saturated carbocycles. The van der Waals surface area contributed by atoms with Crippen LogP contribution >= 0.6 is 0 Å². The molecule has 1 aromatic carbocycles. The third-order valence-electron chi connectivity index (χ3n) is 2.09. The van der Waals surface area contributed by atoms with Gasteiger partial charge in [0.05, 0.1) is 11.9 Å². The summed E-state index contributed by atoms with van der Waals surface area (Å²) in [5, 5.41) is 4.13. The van der Waals surface area contributed by atoms with E-state index < -0.39 is 5.66 Å². The predicted octanol–water partition coefficient (Wildman–Crippen LogP) is 1.92. The van der Waals surface area contributed by atoms with E-state index in [0.29, 0.717) is 0 Å². The molecule has 3 N–H and O–H groups in total. The van der Waals surface area contributed by atoms with E-state index in [1.807, 2.05) is 26.1 Å².